The highest BCUT2D eigenvalue weighted by molar-refractivity contribution is 7.98. The van der Waals surface area contributed by atoms with E-state index in [-0.39, 0.29) is 72.1 Å². The third kappa shape index (κ3) is 20.6. The topological polar surface area (TPSA) is 161 Å². The molecule has 4 unspecified atom stereocenters. The van der Waals surface area contributed by atoms with E-state index < -0.39 is 0 Å². The van der Waals surface area contributed by atoms with E-state index in [2.05, 4.69) is 56.9 Å². The second-order valence-corrected chi connectivity index (χ2v) is 17.9. The van der Waals surface area contributed by atoms with Gasteiger partial charge in [0.25, 0.3) is 0 Å². The van der Waals surface area contributed by atoms with E-state index in [0.29, 0.717) is 23.5 Å². The molecule has 1 saturated heterocycles. The van der Waals surface area contributed by atoms with Gasteiger partial charge in [0, 0.05) is 37.9 Å². The number of aromatic hydroxyl groups is 1. The Balaban J connectivity index is 0.000000872. The van der Waals surface area contributed by atoms with Crippen molar-refractivity contribution in [3.63, 3.8) is 0 Å². The van der Waals surface area contributed by atoms with E-state index in [4.69, 9.17) is 4.74 Å². The highest BCUT2D eigenvalue weighted by atomic mass is 32.2. The molecular weight excluding hydrogens is 781 g/mol. The number of hydrogen-bond acceptors (Lipinski definition) is 10. The largest absolute Gasteiger partial charge is 0.508 e. The van der Waals surface area contributed by atoms with Crippen LogP contribution in [0.25, 0.3) is 0 Å². The number of benzene rings is 1. The first kappa shape index (κ1) is 56.8. The molecule has 2 fully saturated rings. The van der Waals surface area contributed by atoms with Gasteiger partial charge in [-0.1, -0.05) is 93.7 Å². The van der Waals surface area contributed by atoms with Crippen LogP contribution in [0, 0.1) is 23.7 Å². The number of phenolic OH excluding ortho intramolecular Hbond substituents is 1. The van der Waals surface area contributed by atoms with Crippen LogP contribution in [0.1, 0.15) is 119 Å². The number of carbonyl (C=O) groups is 5. The van der Waals surface area contributed by atoms with E-state index in [0.717, 1.165) is 56.9 Å². The molecule has 8 atom stereocenters. The molecule has 14 heteroatoms. The Kier molecular flexibility index (Phi) is 29.9. The van der Waals surface area contributed by atoms with Gasteiger partial charge in [-0.2, -0.15) is 0 Å². The molecule has 13 nitrogen and oxygen atoms in total. The minimum absolute atomic E-state index is 0.000790. The van der Waals surface area contributed by atoms with Crippen molar-refractivity contribution in [3.05, 3.63) is 29.8 Å². The number of likely N-dealkylation sites (tertiary alicyclic amines) is 1. The number of phenols is 1. The van der Waals surface area contributed by atoms with Crippen molar-refractivity contribution in [2.75, 3.05) is 48.4 Å². The summed E-state index contributed by atoms with van der Waals surface area (Å²) in [5.74, 6) is 0.950. The van der Waals surface area contributed by atoms with Crippen LogP contribution in [0.2, 0.25) is 0 Å². The van der Waals surface area contributed by atoms with E-state index >= 15 is 0 Å². The first-order chi connectivity index (χ1) is 28.5. The van der Waals surface area contributed by atoms with Crippen LogP contribution >= 0.6 is 11.9 Å². The Morgan fingerprint density at radius 2 is 1.53 bits per heavy atom. The predicted octanol–water partition coefficient (Wildman–Crippen LogP) is 6.32. The molecule has 0 radical (unpaired) electrons. The SMILES string of the molecule is CCC.CC[C@H](C(C)C=O)C1CCCN1C=O.CC[C@H](C)C([C@@H](CC)OC)N(C)C(=O)CNC(=O)C(C(C)C)N(C)C.CN[C@@H](Cc1ccc(O)cc1)C(=O)NSC1CC1. The van der Waals surface area contributed by atoms with Crippen LogP contribution in [-0.2, 0) is 35.1 Å². The lowest BCUT2D eigenvalue weighted by molar-refractivity contribution is -0.138. The van der Waals surface area contributed by atoms with Crippen molar-refractivity contribution in [1.82, 2.24) is 30.1 Å². The molecule has 4 amide bonds. The zero-order valence-electron chi connectivity index (χ0n) is 39.7. The van der Waals surface area contributed by atoms with Gasteiger partial charge in [0.2, 0.25) is 24.1 Å². The van der Waals surface area contributed by atoms with Crippen molar-refractivity contribution in [1.29, 1.82) is 0 Å². The fourth-order valence-electron chi connectivity index (χ4n) is 7.57. The molecule has 1 aliphatic carbocycles. The monoisotopic (exact) mass is 865 g/mol. The molecule has 4 N–H and O–H groups in total. The summed E-state index contributed by atoms with van der Waals surface area (Å²) >= 11 is 1.53. The van der Waals surface area contributed by atoms with Gasteiger partial charge in [-0.15, -0.1) is 0 Å². The summed E-state index contributed by atoms with van der Waals surface area (Å²) in [6.45, 7) is 19.5. The van der Waals surface area contributed by atoms with Gasteiger partial charge in [0.15, 0.2) is 0 Å². The minimum atomic E-state index is -0.245. The van der Waals surface area contributed by atoms with Crippen LogP contribution in [0.3, 0.4) is 0 Å². The van der Waals surface area contributed by atoms with Crippen LogP contribution in [0.4, 0.5) is 0 Å². The van der Waals surface area contributed by atoms with Crippen molar-refractivity contribution >= 4 is 42.4 Å². The number of ether oxygens (including phenoxy) is 1. The molecule has 1 aromatic rings. The minimum Gasteiger partial charge on any atom is -0.508 e. The molecule has 0 aromatic heterocycles. The zero-order chi connectivity index (χ0) is 45.9. The molecule has 0 spiro atoms. The molecular formula is C46H84N6O7S. The van der Waals surface area contributed by atoms with E-state index in [1.165, 1.54) is 31.2 Å². The third-order valence-electron chi connectivity index (χ3n) is 11.2. The number of nitrogens with one attached hydrogen (secondary N) is 3. The number of hydrogen-bond donors (Lipinski definition) is 4. The van der Waals surface area contributed by atoms with Gasteiger partial charge < -0.3 is 35.1 Å². The van der Waals surface area contributed by atoms with Crippen molar-refractivity contribution < 1.29 is 33.8 Å². The quantitative estimate of drug-likeness (QED) is 0.0768. The van der Waals surface area contributed by atoms with E-state index in [9.17, 15) is 29.1 Å². The second kappa shape index (κ2) is 31.6. The first-order valence-electron chi connectivity index (χ1n) is 22.3. The Morgan fingerprint density at radius 1 is 0.933 bits per heavy atom. The summed E-state index contributed by atoms with van der Waals surface area (Å²) in [6.07, 6.45) is 11.1. The Hall–Kier alpha value is -3.20. The maximum Gasteiger partial charge on any atom is 0.247 e. The van der Waals surface area contributed by atoms with Gasteiger partial charge in [-0.05, 0) is 107 Å². The fraction of sp³-hybridized carbons (Fsp3) is 0.761. The lowest BCUT2D eigenvalue weighted by Gasteiger charge is -2.37. The van der Waals surface area contributed by atoms with Gasteiger partial charge >= 0.3 is 0 Å². The summed E-state index contributed by atoms with van der Waals surface area (Å²) in [6, 6.07) is 6.75. The van der Waals surface area contributed by atoms with Gasteiger partial charge in [-0.25, -0.2) is 0 Å². The standard InChI is InChI=1S/C19H39N3O3.C13H18N2O2S.C11H19NO2.C3H8/c1-10-14(5)18(15(11-2)25-9)22(8)16(23)12-20-19(24)17(13(3)4)21(6)7;1-14-12(13(17)15-18-11-6-7-11)8-9-2-4-10(16)5-3-9;1-3-10(9(2)7-13)11-5-4-6-12(11)8-14;1-3-2/h13-15,17-18H,10-12H2,1-9H3,(H,20,24);2-5,11-12,14,16H,6-8H2,1H3,(H,15,17);7-11H,3-6H2,1-2H3;3H2,1-2H3/t14-,15+,17?,18?;12-;9?,10-,11?;/m001./s1. The Bertz CT molecular complexity index is 1340. The van der Waals surface area contributed by atoms with Crippen molar-refractivity contribution in [3.8, 4) is 5.75 Å². The van der Waals surface area contributed by atoms with E-state index in [1.54, 1.807) is 38.2 Å². The number of rotatable bonds is 22. The van der Waals surface area contributed by atoms with Crippen molar-refractivity contribution in [2.45, 2.75) is 156 Å². The second-order valence-electron chi connectivity index (χ2n) is 16.8. The third-order valence-corrected chi connectivity index (χ3v) is 12.4. The molecule has 1 aromatic carbocycles. The summed E-state index contributed by atoms with van der Waals surface area (Å²) < 4.78 is 8.49. The smallest absolute Gasteiger partial charge is 0.247 e. The van der Waals surface area contributed by atoms with Gasteiger partial charge in [0.05, 0.1) is 30.8 Å². The van der Waals surface area contributed by atoms with Crippen LogP contribution in [0.15, 0.2) is 24.3 Å². The number of aldehydes is 1. The summed E-state index contributed by atoms with van der Waals surface area (Å²) in [7, 11) is 9.03. The van der Waals surface area contributed by atoms with Crippen LogP contribution < -0.4 is 15.4 Å². The first-order valence-corrected chi connectivity index (χ1v) is 23.1. The number of methoxy groups -OCH3 is 1. The van der Waals surface area contributed by atoms with Gasteiger partial charge in [-0.3, -0.25) is 28.8 Å². The zero-order valence-corrected chi connectivity index (χ0v) is 40.5. The Morgan fingerprint density at radius 3 is 1.97 bits per heavy atom. The normalized spacial score (nSPS) is 18.1. The molecule has 0 bridgehead atoms. The highest BCUT2D eigenvalue weighted by Gasteiger charge is 2.34. The molecule has 1 heterocycles. The fourth-order valence-corrected chi connectivity index (χ4v) is 8.37. The molecule has 2 aliphatic rings. The number of amides is 4. The average molecular weight is 865 g/mol. The molecule has 1 aliphatic heterocycles. The number of nitrogens with zero attached hydrogens (tertiary/aromatic N) is 3. The van der Waals surface area contributed by atoms with Crippen LogP contribution in [0.5, 0.6) is 5.75 Å². The predicted molar refractivity (Wildman–Crippen MR) is 247 cm³/mol. The molecule has 346 valence electrons. The number of carbonyl (C=O) groups excluding carboxylic acids is 5. The molecule has 3 rings (SSSR count). The number of likely N-dealkylation sites (N-methyl/N-ethyl adjacent to an activating group) is 3. The molecule has 60 heavy (non-hydrogen) atoms. The maximum atomic E-state index is 12.6. The van der Waals surface area contributed by atoms with E-state index in [1.807, 2.05) is 56.8 Å². The van der Waals surface area contributed by atoms with Crippen molar-refractivity contribution in [2.24, 2.45) is 23.7 Å². The van der Waals surface area contributed by atoms with Crippen LogP contribution in [-0.4, -0.2) is 134 Å². The molecule has 1 saturated carbocycles. The summed E-state index contributed by atoms with van der Waals surface area (Å²) in [4.78, 5) is 64.0. The highest BCUT2D eigenvalue weighted by Crippen LogP contribution is 2.32. The maximum absolute atomic E-state index is 12.6. The lowest BCUT2D eigenvalue weighted by atomic mass is 9.85. The van der Waals surface area contributed by atoms with Gasteiger partial charge in [0.1, 0.15) is 12.0 Å². The Labute approximate surface area is 368 Å². The summed E-state index contributed by atoms with van der Waals surface area (Å²) in [5.41, 5.74) is 1.03. The summed E-state index contributed by atoms with van der Waals surface area (Å²) in [5, 5.41) is 15.6. The average Bonchev–Trinajstić information content (AvgIpc) is 3.95. The lowest BCUT2D eigenvalue weighted by Crippen LogP contribution is -2.53.